The normalized spacial score (nSPS) is 12.2. The number of anilines is 1. The Morgan fingerprint density at radius 2 is 1.73 bits per heavy atom. The Balaban J connectivity index is 2.35. The first-order chi connectivity index (χ1) is 15.5. The molecule has 0 aliphatic rings. The van der Waals surface area contributed by atoms with Crippen molar-refractivity contribution in [1.82, 2.24) is 10.2 Å². The molecule has 180 valence electrons. The topological polar surface area (TPSA) is 86.8 Å². The molecule has 0 aliphatic carbocycles. The van der Waals surface area contributed by atoms with Gasteiger partial charge in [0.15, 0.2) is 0 Å². The summed E-state index contributed by atoms with van der Waals surface area (Å²) in [4.78, 5) is 27.3. The van der Waals surface area contributed by atoms with E-state index in [1.807, 2.05) is 13.8 Å². The van der Waals surface area contributed by atoms with Crippen LogP contribution in [0.2, 0.25) is 0 Å². The number of rotatable bonds is 11. The first kappa shape index (κ1) is 26.3. The Labute approximate surface area is 195 Å². The van der Waals surface area contributed by atoms with E-state index in [1.165, 1.54) is 23.1 Å². The van der Waals surface area contributed by atoms with E-state index >= 15 is 0 Å². The molecular weight excluding hydrogens is 445 g/mol. The van der Waals surface area contributed by atoms with E-state index in [4.69, 9.17) is 0 Å². The predicted octanol–water partition coefficient (Wildman–Crippen LogP) is 3.23. The highest BCUT2D eigenvalue weighted by Crippen LogP contribution is 2.20. The van der Waals surface area contributed by atoms with Gasteiger partial charge < -0.3 is 10.2 Å². The molecule has 2 aromatic rings. The van der Waals surface area contributed by atoms with Crippen molar-refractivity contribution >= 4 is 27.5 Å². The van der Waals surface area contributed by atoms with E-state index in [0.717, 1.165) is 29.0 Å². The first-order valence-corrected chi connectivity index (χ1v) is 12.7. The Bertz CT molecular complexity index is 1060. The maximum Gasteiger partial charge on any atom is 0.244 e. The van der Waals surface area contributed by atoms with Crippen LogP contribution >= 0.6 is 0 Å². The second-order valence-corrected chi connectivity index (χ2v) is 9.95. The Kier molecular flexibility index (Phi) is 9.40. The summed E-state index contributed by atoms with van der Waals surface area (Å²) in [6.07, 6.45) is 2.70. The number of nitrogens with zero attached hydrogens (tertiary/aromatic N) is 2. The number of nitrogens with one attached hydrogen (secondary N) is 1. The summed E-state index contributed by atoms with van der Waals surface area (Å²) in [6.45, 7) is 5.20. The number of unbranched alkanes of at least 4 members (excludes halogenated alkanes) is 1. The average Bonchev–Trinajstić information content (AvgIpc) is 2.76. The van der Waals surface area contributed by atoms with Gasteiger partial charge >= 0.3 is 0 Å². The van der Waals surface area contributed by atoms with Gasteiger partial charge in [0.25, 0.3) is 0 Å². The molecule has 9 heteroatoms. The third-order valence-electron chi connectivity index (χ3n) is 5.30. The minimum absolute atomic E-state index is 0.167. The second-order valence-electron chi connectivity index (χ2n) is 8.04. The maximum atomic E-state index is 14.3. The van der Waals surface area contributed by atoms with Crippen molar-refractivity contribution in [3.05, 3.63) is 65.5 Å². The lowest BCUT2D eigenvalue weighted by Gasteiger charge is -2.31. The molecular formula is C24H32FN3O4S. The molecule has 0 fully saturated rings. The standard InChI is InChI=1S/C24H32FN3O4S/c1-5-6-15-26-24(30)19(3)27(16-20-9-7-8-10-22(20)25)23(29)17-28(33(4,31)32)21-13-11-18(2)12-14-21/h7-14,19H,5-6,15-17H2,1-4H3,(H,26,30)/t19-/m0/s1. The smallest absolute Gasteiger partial charge is 0.244 e. The number of hydrogen-bond donors (Lipinski definition) is 1. The Morgan fingerprint density at radius 3 is 2.30 bits per heavy atom. The highest BCUT2D eigenvalue weighted by atomic mass is 32.2. The van der Waals surface area contributed by atoms with E-state index in [9.17, 15) is 22.4 Å². The predicted molar refractivity (Wildman–Crippen MR) is 128 cm³/mol. The molecule has 0 heterocycles. The van der Waals surface area contributed by atoms with E-state index < -0.39 is 34.3 Å². The SMILES string of the molecule is CCCCNC(=O)[C@H](C)N(Cc1ccccc1F)C(=O)CN(c1ccc(C)cc1)S(C)(=O)=O. The number of carbonyl (C=O) groups is 2. The van der Waals surface area contributed by atoms with Crippen LogP contribution in [0.25, 0.3) is 0 Å². The quantitative estimate of drug-likeness (QED) is 0.504. The Morgan fingerprint density at radius 1 is 1.09 bits per heavy atom. The average molecular weight is 478 g/mol. The molecule has 0 radical (unpaired) electrons. The lowest BCUT2D eigenvalue weighted by Crippen LogP contribution is -2.51. The molecule has 2 amide bonds. The number of halogens is 1. The number of carbonyl (C=O) groups excluding carboxylic acids is 2. The molecule has 0 unspecified atom stereocenters. The van der Waals surface area contributed by atoms with Crippen molar-refractivity contribution < 1.29 is 22.4 Å². The van der Waals surface area contributed by atoms with Crippen LogP contribution in [-0.4, -0.2) is 50.5 Å². The van der Waals surface area contributed by atoms with Gasteiger partial charge in [-0.3, -0.25) is 13.9 Å². The number of amides is 2. The fraction of sp³-hybridized carbons (Fsp3) is 0.417. The van der Waals surface area contributed by atoms with Crippen LogP contribution in [0.15, 0.2) is 48.5 Å². The van der Waals surface area contributed by atoms with Crippen molar-refractivity contribution in [1.29, 1.82) is 0 Å². The van der Waals surface area contributed by atoms with Crippen molar-refractivity contribution in [2.45, 2.75) is 46.2 Å². The summed E-state index contributed by atoms with van der Waals surface area (Å²) in [6, 6.07) is 11.8. The zero-order valence-corrected chi connectivity index (χ0v) is 20.4. The van der Waals surface area contributed by atoms with Crippen molar-refractivity contribution in [2.24, 2.45) is 0 Å². The first-order valence-electron chi connectivity index (χ1n) is 10.9. The lowest BCUT2D eigenvalue weighted by atomic mass is 10.1. The van der Waals surface area contributed by atoms with E-state index in [-0.39, 0.29) is 18.0 Å². The lowest BCUT2D eigenvalue weighted by molar-refractivity contribution is -0.139. The number of hydrogen-bond acceptors (Lipinski definition) is 4. The largest absolute Gasteiger partial charge is 0.354 e. The molecule has 2 rings (SSSR count). The van der Waals surface area contributed by atoms with Gasteiger partial charge in [0.05, 0.1) is 11.9 Å². The summed E-state index contributed by atoms with van der Waals surface area (Å²) in [5, 5.41) is 2.78. The van der Waals surface area contributed by atoms with E-state index in [0.29, 0.717) is 12.2 Å². The van der Waals surface area contributed by atoms with E-state index in [1.54, 1.807) is 37.3 Å². The van der Waals surface area contributed by atoms with E-state index in [2.05, 4.69) is 5.32 Å². The Hall–Kier alpha value is -2.94. The van der Waals surface area contributed by atoms with Crippen LogP contribution in [0.1, 0.15) is 37.8 Å². The molecule has 1 atom stereocenters. The van der Waals surface area contributed by atoms with Gasteiger partial charge in [-0.15, -0.1) is 0 Å². The highest BCUT2D eigenvalue weighted by molar-refractivity contribution is 7.92. The molecule has 0 saturated heterocycles. The monoisotopic (exact) mass is 477 g/mol. The molecule has 0 aromatic heterocycles. The number of benzene rings is 2. The van der Waals surface area contributed by atoms with Crippen LogP contribution in [0.4, 0.5) is 10.1 Å². The summed E-state index contributed by atoms with van der Waals surface area (Å²) in [7, 11) is -3.79. The molecule has 0 aliphatic heterocycles. The van der Waals surface area contributed by atoms with Crippen molar-refractivity contribution in [3.8, 4) is 0 Å². The van der Waals surface area contributed by atoms with Crippen LogP contribution in [0.5, 0.6) is 0 Å². The molecule has 2 aromatic carbocycles. The van der Waals surface area contributed by atoms with Crippen molar-refractivity contribution in [2.75, 3.05) is 23.7 Å². The fourth-order valence-corrected chi connectivity index (χ4v) is 4.10. The van der Waals surface area contributed by atoms with Crippen LogP contribution in [0.3, 0.4) is 0 Å². The van der Waals surface area contributed by atoms with Gasteiger partial charge in [-0.05, 0) is 38.5 Å². The third kappa shape index (κ3) is 7.56. The zero-order chi connectivity index (χ0) is 24.6. The number of aryl methyl sites for hydroxylation is 1. The van der Waals surface area contributed by atoms with Crippen LogP contribution < -0.4 is 9.62 Å². The molecule has 1 N–H and O–H groups in total. The van der Waals surface area contributed by atoms with Gasteiger partial charge in [0, 0.05) is 18.7 Å². The molecule has 0 bridgehead atoms. The highest BCUT2D eigenvalue weighted by Gasteiger charge is 2.30. The third-order valence-corrected chi connectivity index (χ3v) is 6.44. The van der Waals surface area contributed by atoms with Gasteiger partial charge in [-0.2, -0.15) is 0 Å². The zero-order valence-electron chi connectivity index (χ0n) is 19.5. The maximum absolute atomic E-state index is 14.3. The van der Waals surface area contributed by atoms with Crippen molar-refractivity contribution in [3.63, 3.8) is 0 Å². The summed E-state index contributed by atoms with van der Waals surface area (Å²) in [5.41, 5.74) is 1.51. The van der Waals surface area contributed by atoms with Crippen LogP contribution in [-0.2, 0) is 26.2 Å². The van der Waals surface area contributed by atoms with Gasteiger partial charge in [-0.1, -0.05) is 49.2 Å². The summed E-state index contributed by atoms with van der Waals surface area (Å²) >= 11 is 0. The van der Waals surface area contributed by atoms with Gasteiger partial charge in [0.1, 0.15) is 18.4 Å². The van der Waals surface area contributed by atoms with Gasteiger partial charge in [0.2, 0.25) is 21.8 Å². The minimum Gasteiger partial charge on any atom is -0.354 e. The summed E-state index contributed by atoms with van der Waals surface area (Å²) < 4.78 is 40.3. The molecule has 7 nitrogen and oxygen atoms in total. The second kappa shape index (κ2) is 11.8. The van der Waals surface area contributed by atoms with Crippen LogP contribution in [0, 0.1) is 12.7 Å². The molecule has 0 saturated carbocycles. The number of sulfonamides is 1. The molecule has 33 heavy (non-hydrogen) atoms. The van der Waals surface area contributed by atoms with Gasteiger partial charge in [-0.25, -0.2) is 12.8 Å². The molecule has 0 spiro atoms. The fourth-order valence-electron chi connectivity index (χ4n) is 3.25. The minimum atomic E-state index is -3.79. The summed E-state index contributed by atoms with van der Waals surface area (Å²) in [5.74, 6) is -1.50.